The van der Waals surface area contributed by atoms with E-state index in [1.807, 2.05) is 5.32 Å². The molecule has 0 heterocycles. The number of carbonyl (C=O) groups excluding carboxylic acids is 1. The number of nitrogens with zero attached hydrogens (tertiary/aromatic N) is 1. The Hall–Kier alpha value is -2.59. The van der Waals surface area contributed by atoms with Gasteiger partial charge in [-0.2, -0.15) is 17.6 Å². The summed E-state index contributed by atoms with van der Waals surface area (Å²) in [6.07, 6.45) is 0. The van der Waals surface area contributed by atoms with Crippen LogP contribution in [0.5, 0.6) is 11.5 Å². The predicted octanol–water partition coefficient (Wildman–Crippen LogP) is 2.76. The van der Waals surface area contributed by atoms with Crippen molar-refractivity contribution in [3.63, 3.8) is 0 Å². The smallest absolute Gasteiger partial charge is 0.387 e. The van der Waals surface area contributed by atoms with Crippen LogP contribution < -0.4 is 14.8 Å². The van der Waals surface area contributed by atoms with E-state index in [-0.39, 0.29) is 0 Å². The third-order valence-electron chi connectivity index (χ3n) is 2.00. The number of nitro benzene ring substituents is 1. The van der Waals surface area contributed by atoms with E-state index in [4.69, 9.17) is 0 Å². The molecule has 0 aliphatic heterocycles. The number of nitrogens with one attached hydrogen (secondary N) is 1. The molecule has 21 heavy (non-hydrogen) atoms. The largest absolute Gasteiger partial charge is 0.431 e. The van der Waals surface area contributed by atoms with E-state index in [1.165, 1.54) is 0 Å². The molecule has 1 rings (SSSR count). The Bertz CT molecular complexity index is 552. The average molecular weight is 312 g/mol. The fourth-order valence-corrected chi connectivity index (χ4v) is 1.37. The minimum absolute atomic E-state index is 0.454. The monoisotopic (exact) mass is 312 g/mol. The summed E-state index contributed by atoms with van der Waals surface area (Å²) in [4.78, 5) is 20.7. The maximum absolute atomic E-state index is 12.2. The molecule has 1 aromatic rings. The summed E-state index contributed by atoms with van der Waals surface area (Å²) >= 11 is 0. The zero-order chi connectivity index (χ0) is 16.2. The van der Waals surface area contributed by atoms with Crippen molar-refractivity contribution in [3.8, 4) is 11.5 Å². The van der Waals surface area contributed by atoms with Gasteiger partial charge in [0.05, 0.1) is 11.0 Å². The summed E-state index contributed by atoms with van der Waals surface area (Å²) < 4.78 is 56.6. The van der Waals surface area contributed by atoms with Gasteiger partial charge in [-0.25, -0.2) is 0 Å². The number of nitro groups is 1. The third kappa shape index (κ3) is 4.78. The first kappa shape index (κ1) is 16.5. The normalized spacial score (nSPS) is 10.6. The summed E-state index contributed by atoms with van der Waals surface area (Å²) in [6.45, 7) is -5.77. The standard InChI is InChI=1S/C10H8F4N2O5/c1-4(17)15-5-2-7(20-9(11)12)8(21-10(13)14)3-6(5)16(18)19/h2-3,9-10H,1H3,(H,15,17). The van der Waals surface area contributed by atoms with Gasteiger partial charge in [-0.05, 0) is 0 Å². The van der Waals surface area contributed by atoms with Crippen LogP contribution in [-0.4, -0.2) is 24.1 Å². The lowest BCUT2D eigenvalue weighted by molar-refractivity contribution is -0.384. The first-order valence-corrected chi connectivity index (χ1v) is 5.20. The van der Waals surface area contributed by atoms with Gasteiger partial charge in [0.1, 0.15) is 5.69 Å². The van der Waals surface area contributed by atoms with Crippen LogP contribution in [0.4, 0.5) is 28.9 Å². The number of amides is 1. The van der Waals surface area contributed by atoms with Gasteiger partial charge < -0.3 is 14.8 Å². The highest BCUT2D eigenvalue weighted by molar-refractivity contribution is 5.92. The second-order valence-electron chi connectivity index (χ2n) is 3.51. The van der Waals surface area contributed by atoms with Crippen molar-refractivity contribution in [2.24, 2.45) is 0 Å². The Morgan fingerprint density at radius 3 is 2.05 bits per heavy atom. The number of anilines is 1. The van der Waals surface area contributed by atoms with Gasteiger partial charge in [0.25, 0.3) is 5.69 Å². The molecule has 0 radical (unpaired) electrons. The molecule has 0 saturated carbocycles. The first-order chi connectivity index (χ1) is 9.70. The molecular formula is C10H8F4N2O5. The lowest BCUT2D eigenvalue weighted by Crippen LogP contribution is -2.11. The van der Waals surface area contributed by atoms with Crippen molar-refractivity contribution < 1.29 is 36.8 Å². The SMILES string of the molecule is CC(=O)Nc1cc(OC(F)F)c(OC(F)F)cc1[N+](=O)[O-]. The van der Waals surface area contributed by atoms with Gasteiger partial charge in [0.2, 0.25) is 5.91 Å². The summed E-state index contributed by atoms with van der Waals surface area (Å²) in [5, 5.41) is 12.8. The van der Waals surface area contributed by atoms with E-state index < -0.39 is 46.9 Å². The van der Waals surface area contributed by atoms with Crippen molar-refractivity contribution in [3.05, 3.63) is 22.2 Å². The molecule has 0 aliphatic rings. The summed E-state index contributed by atoms with van der Waals surface area (Å²) in [5.74, 6) is -2.56. The average Bonchev–Trinajstić information content (AvgIpc) is 2.29. The highest BCUT2D eigenvalue weighted by Gasteiger charge is 2.24. The number of benzene rings is 1. The lowest BCUT2D eigenvalue weighted by atomic mass is 10.2. The second-order valence-corrected chi connectivity index (χ2v) is 3.51. The van der Waals surface area contributed by atoms with Crippen molar-refractivity contribution >= 4 is 17.3 Å². The molecule has 0 spiro atoms. The Kier molecular flexibility index (Phi) is 5.27. The summed E-state index contributed by atoms with van der Waals surface area (Å²) in [7, 11) is 0. The molecular weight excluding hydrogens is 304 g/mol. The van der Waals surface area contributed by atoms with Crippen LogP contribution in [0.2, 0.25) is 0 Å². The van der Waals surface area contributed by atoms with Crippen molar-refractivity contribution in [2.45, 2.75) is 20.1 Å². The second kappa shape index (κ2) is 6.72. The Labute approximate surface area is 114 Å². The van der Waals surface area contributed by atoms with E-state index in [2.05, 4.69) is 9.47 Å². The Morgan fingerprint density at radius 1 is 1.19 bits per heavy atom. The lowest BCUT2D eigenvalue weighted by Gasteiger charge is -2.13. The van der Waals surface area contributed by atoms with Gasteiger partial charge in [-0.15, -0.1) is 0 Å². The van der Waals surface area contributed by atoms with Crippen LogP contribution in [0.15, 0.2) is 12.1 Å². The number of rotatable bonds is 6. The molecule has 1 amide bonds. The highest BCUT2D eigenvalue weighted by atomic mass is 19.3. The van der Waals surface area contributed by atoms with E-state index in [9.17, 15) is 32.5 Å². The number of hydrogen-bond donors (Lipinski definition) is 1. The molecule has 11 heteroatoms. The fraction of sp³-hybridized carbons (Fsp3) is 0.300. The molecule has 0 aromatic heterocycles. The fourth-order valence-electron chi connectivity index (χ4n) is 1.37. The molecule has 0 unspecified atom stereocenters. The van der Waals surface area contributed by atoms with E-state index in [0.29, 0.717) is 12.1 Å². The maximum atomic E-state index is 12.2. The van der Waals surface area contributed by atoms with Gasteiger partial charge >= 0.3 is 13.2 Å². The highest BCUT2D eigenvalue weighted by Crippen LogP contribution is 2.39. The van der Waals surface area contributed by atoms with Crippen LogP contribution >= 0.6 is 0 Å². The number of halogens is 4. The third-order valence-corrected chi connectivity index (χ3v) is 2.00. The minimum Gasteiger partial charge on any atom is -0.431 e. The van der Waals surface area contributed by atoms with Crippen LogP contribution in [0.1, 0.15) is 6.92 Å². The van der Waals surface area contributed by atoms with E-state index in [1.54, 1.807) is 0 Å². The Morgan fingerprint density at radius 2 is 1.67 bits per heavy atom. The number of alkyl halides is 4. The van der Waals surface area contributed by atoms with Crippen molar-refractivity contribution in [2.75, 3.05) is 5.32 Å². The van der Waals surface area contributed by atoms with Crippen LogP contribution in [0, 0.1) is 10.1 Å². The minimum atomic E-state index is -3.41. The first-order valence-electron chi connectivity index (χ1n) is 5.20. The van der Waals surface area contributed by atoms with Gasteiger partial charge in [-0.3, -0.25) is 14.9 Å². The number of hydrogen-bond acceptors (Lipinski definition) is 5. The van der Waals surface area contributed by atoms with Crippen molar-refractivity contribution in [1.29, 1.82) is 0 Å². The molecule has 0 saturated heterocycles. The van der Waals surface area contributed by atoms with Gasteiger partial charge in [0.15, 0.2) is 11.5 Å². The molecule has 0 fully saturated rings. The molecule has 7 nitrogen and oxygen atoms in total. The maximum Gasteiger partial charge on any atom is 0.387 e. The summed E-state index contributed by atoms with van der Waals surface area (Å²) in [6, 6.07) is 1.05. The molecule has 1 aromatic carbocycles. The zero-order valence-electron chi connectivity index (χ0n) is 10.3. The van der Waals surface area contributed by atoms with Crippen molar-refractivity contribution in [1.82, 2.24) is 0 Å². The Balaban J connectivity index is 3.37. The molecule has 0 bridgehead atoms. The van der Waals surface area contributed by atoms with Crippen LogP contribution in [-0.2, 0) is 4.79 Å². The topological polar surface area (TPSA) is 90.7 Å². The summed E-state index contributed by atoms with van der Waals surface area (Å²) in [5.41, 5.74) is -1.31. The molecule has 1 N–H and O–H groups in total. The molecule has 0 atom stereocenters. The van der Waals surface area contributed by atoms with Crippen LogP contribution in [0.25, 0.3) is 0 Å². The molecule has 116 valence electrons. The van der Waals surface area contributed by atoms with Gasteiger partial charge in [0, 0.05) is 13.0 Å². The van der Waals surface area contributed by atoms with Gasteiger partial charge in [-0.1, -0.05) is 0 Å². The van der Waals surface area contributed by atoms with E-state index in [0.717, 1.165) is 6.92 Å². The quantitative estimate of drug-likeness (QED) is 0.495. The molecule has 0 aliphatic carbocycles. The van der Waals surface area contributed by atoms with E-state index >= 15 is 0 Å². The van der Waals surface area contributed by atoms with Crippen LogP contribution in [0.3, 0.4) is 0 Å². The number of carbonyl (C=O) groups is 1. The predicted molar refractivity (Wildman–Crippen MR) is 60.7 cm³/mol. The zero-order valence-corrected chi connectivity index (χ0v) is 10.3. The number of ether oxygens (including phenoxy) is 2.